The van der Waals surface area contributed by atoms with Crippen LogP contribution < -0.4 is 15.0 Å². The number of nitrogens with one attached hydrogen (secondary N) is 2. The van der Waals surface area contributed by atoms with Crippen LogP contribution in [0.2, 0.25) is 0 Å². The molecule has 1 amide bonds. The van der Waals surface area contributed by atoms with E-state index in [0.717, 1.165) is 47.5 Å². The minimum absolute atomic E-state index is 0.160. The average Bonchev–Trinajstić information content (AvgIpc) is 3.15. The summed E-state index contributed by atoms with van der Waals surface area (Å²) < 4.78 is 10.2. The molecule has 2 N–H and O–H groups in total. The quantitative estimate of drug-likeness (QED) is 0.560. The lowest BCUT2D eigenvalue weighted by Gasteiger charge is -2.41. The highest BCUT2D eigenvalue weighted by atomic mass is 16.5. The van der Waals surface area contributed by atoms with Crippen LogP contribution in [0.3, 0.4) is 0 Å². The lowest BCUT2D eigenvalue weighted by molar-refractivity contribution is -0.117. The fourth-order valence-electron chi connectivity index (χ4n) is 4.41. The molecule has 1 aliphatic heterocycles. The molecular formula is C25H30N4O4. The van der Waals surface area contributed by atoms with E-state index in [4.69, 9.17) is 9.47 Å². The van der Waals surface area contributed by atoms with Crippen LogP contribution in [0.15, 0.2) is 42.5 Å². The van der Waals surface area contributed by atoms with Crippen molar-refractivity contribution in [1.29, 1.82) is 0 Å². The molecule has 33 heavy (non-hydrogen) atoms. The number of ether oxygens (including phenoxy) is 2. The number of amides is 1. The van der Waals surface area contributed by atoms with Gasteiger partial charge in [0.15, 0.2) is 0 Å². The number of fused-ring (bicyclic) bond motifs is 1. The van der Waals surface area contributed by atoms with Crippen molar-refractivity contribution in [3.8, 4) is 5.75 Å². The van der Waals surface area contributed by atoms with Gasteiger partial charge in [-0.15, -0.1) is 0 Å². The number of nitrogens with zero attached hydrogens (tertiary/aromatic N) is 2. The van der Waals surface area contributed by atoms with E-state index >= 15 is 0 Å². The van der Waals surface area contributed by atoms with Crippen molar-refractivity contribution in [3.05, 3.63) is 53.7 Å². The van der Waals surface area contributed by atoms with Crippen molar-refractivity contribution in [2.24, 2.45) is 0 Å². The van der Waals surface area contributed by atoms with Crippen LogP contribution in [0.4, 0.5) is 11.4 Å². The van der Waals surface area contributed by atoms with Crippen molar-refractivity contribution in [3.63, 3.8) is 0 Å². The Kier molecular flexibility index (Phi) is 6.55. The lowest BCUT2D eigenvalue weighted by atomic mass is 10.1. The Hall–Kier alpha value is -3.52. The second kappa shape index (κ2) is 9.54. The zero-order chi connectivity index (χ0) is 23.5. The summed E-state index contributed by atoms with van der Waals surface area (Å²) in [4.78, 5) is 32.8. The van der Waals surface area contributed by atoms with E-state index in [0.29, 0.717) is 5.69 Å². The number of piperazine rings is 1. The Balaban J connectivity index is 1.43. The van der Waals surface area contributed by atoms with Gasteiger partial charge in [-0.05, 0) is 49.7 Å². The van der Waals surface area contributed by atoms with Gasteiger partial charge < -0.3 is 24.7 Å². The Morgan fingerprint density at radius 1 is 1.12 bits per heavy atom. The summed E-state index contributed by atoms with van der Waals surface area (Å²) in [7, 11) is 2.99. The number of aromatic amines is 1. The first kappa shape index (κ1) is 22.7. The highest BCUT2D eigenvalue weighted by Crippen LogP contribution is 2.29. The summed E-state index contributed by atoms with van der Waals surface area (Å²) in [5, 5.41) is 3.73. The van der Waals surface area contributed by atoms with Crippen LogP contribution in [-0.2, 0) is 9.53 Å². The maximum absolute atomic E-state index is 12.9. The predicted octanol–water partition coefficient (Wildman–Crippen LogP) is 3.42. The summed E-state index contributed by atoms with van der Waals surface area (Å²) >= 11 is 0. The first-order valence-electron chi connectivity index (χ1n) is 11.0. The molecule has 0 radical (unpaired) electrons. The Labute approximate surface area is 193 Å². The van der Waals surface area contributed by atoms with E-state index in [-0.39, 0.29) is 24.2 Å². The van der Waals surface area contributed by atoms with Gasteiger partial charge in [0, 0.05) is 42.3 Å². The second-order valence-corrected chi connectivity index (χ2v) is 8.44. The summed E-state index contributed by atoms with van der Waals surface area (Å²) in [6.45, 7) is 6.73. The first-order chi connectivity index (χ1) is 15.9. The van der Waals surface area contributed by atoms with Gasteiger partial charge in [0.1, 0.15) is 11.4 Å². The fourth-order valence-corrected chi connectivity index (χ4v) is 4.41. The van der Waals surface area contributed by atoms with Crippen LogP contribution in [0.5, 0.6) is 5.75 Å². The number of carbonyl (C=O) groups is 2. The number of benzene rings is 2. The number of anilines is 2. The third-order valence-corrected chi connectivity index (χ3v) is 6.09. The number of methoxy groups -OCH3 is 2. The van der Waals surface area contributed by atoms with Gasteiger partial charge in [-0.1, -0.05) is 12.1 Å². The third kappa shape index (κ3) is 4.80. The number of aryl methyl sites for hydroxylation is 1. The normalized spacial score (nSPS) is 16.6. The SMILES string of the molecule is COC(=O)c1[nH]c2cc(C)ccc2c1NC(=O)CN1CCN(c2ccc(OC)cc2)C(C)C1. The van der Waals surface area contributed by atoms with Crippen LogP contribution in [0, 0.1) is 6.92 Å². The highest BCUT2D eigenvalue weighted by molar-refractivity contribution is 6.11. The summed E-state index contributed by atoms with van der Waals surface area (Å²) in [5.74, 6) is 0.160. The van der Waals surface area contributed by atoms with Crippen LogP contribution in [0.25, 0.3) is 10.9 Å². The van der Waals surface area contributed by atoms with Crippen LogP contribution in [0.1, 0.15) is 23.0 Å². The summed E-state index contributed by atoms with van der Waals surface area (Å²) in [5.41, 5.74) is 3.70. The molecule has 1 aliphatic rings. The molecule has 1 atom stereocenters. The van der Waals surface area contributed by atoms with Gasteiger partial charge in [-0.3, -0.25) is 9.69 Å². The molecule has 0 aliphatic carbocycles. The smallest absolute Gasteiger partial charge is 0.356 e. The Morgan fingerprint density at radius 3 is 2.55 bits per heavy atom. The zero-order valence-corrected chi connectivity index (χ0v) is 19.5. The number of carbonyl (C=O) groups excluding carboxylic acids is 2. The van der Waals surface area contributed by atoms with Gasteiger partial charge >= 0.3 is 5.97 Å². The van der Waals surface area contributed by atoms with E-state index in [9.17, 15) is 9.59 Å². The molecule has 2 heterocycles. The number of rotatable bonds is 6. The van der Waals surface area contributed by atoms with Crippen molar-refractivity contribution in [2.45, 2.75) is 19.9 Å². The van der Waals surface area contributed by atoms with Crippen LogP contribution in [-0.4, -0.2) is 68.2 Å². The maximum atomic E-state index is 12.9. The number of hydrogen-bond donors (Lipinski definition) is 2. The molecule has 1 saturated heterocycles. The second-order valence-electron chi connectivity index (χ2n) is 8.44. The molecule has 2 aromatic carbocycles. The van der Waals surface area contributed by atoms with E-state index in [1.165, 1.54) is 7.11 Å². The highest BCUT2D eigenvalue weighted by Gasteiger charge is 2.26. The topological polar surface area (TPSA) is 86.9 Å². The number of hydrogen-bond acceptors (Lipinski definition) is 6. The Morgan fingerprint density at radius 2 is 1.88 bits per heavy atom. The molecule has 0 saturated carbocycles. The molecule has 174 valence electrons. The van der Waals surface area contributed by atoms with E-state index < -0.39 is 5.97 Å². The Bertz CT molecular complexity index is 1160. The van der Waals surface area contributed by atoms with Gasteiger partial charge in [0.05, 0.1) is 26.5 Å². The molecule has 4 rings (SSSR count). The minimum atomic E-state index is -0.513. The molecule has 3 aromatic rings. The maximum Gasteiger partial charge on any atom is 0.356 e. The molecule has 0 bridgehead atoms. The van der Waals surface area contributed by atoms with E-state index in [1.54, 1.807) is 7.11 Å². The molecule has 1 fully saturated rings. The van der Waals surface area contributed by atoms with E-state index in [2.05, 4.69) is 39.2 Å². The van der Waals surface area contributed by atoms with E-state index in [1.807, 2.05) is 37.3 Å². The van der Waals surface area contributed by atoms with Crippen molar-refractivity contribution in [1.82, 2.24) is 9.88 Å². The van der Waals surface area contributed by atoms with Gasteiger partial charge in [0.2, 0.25) is 5.91 Å². The molecule has 1 aromatic heterocycles. The monoisotopic (exact) mass is 450 g/mol. The largest absolute Gasteiger partial charge is 0.497 e. The molecule has 1 unspecified atom stereocenters. The minimum Gasteiger partial charge on any atom is -0.497 e. The zero-order valence-electron chi connectivity index (χ0n) is 19.5. The van der Waals surface area contributed by atoms with Crippen LogP contribution >= 0.6 is 0 Å². The summed E-state index contributed by atoms with van der Waals surface area (Å²) in [6.07, 6.45) is 0. The molecule has 8 nitrogen and oxygen atoms in total. The van der Waals surface area contributed by atoms with Gasteiger partial charge in [0.25, 0.3) is 0 Å². The standard InChI is InChI=1S/C25H30N4O4/c1-16-5-10-20-21(13-16)26-24(25(31)33-4)23(20)27-22(30)15-28-11-12-29(17(2)14-28)18-6-8-19(32-3)9-7-18/h5-10,13,17,26H,11-12,14-15H2,1-4H3,(H,27,30). The summed E-state index contributed by atoms with van der Waals surface area (Å²) in [6, 6.07) is 14.1. The number of H-pyrrole nitrogens is 1. The molecule has 0 spiro atoms. The van der Waals surface area contributed by atoms with Crippen molar-refractivity contribution in [2.75, 3.05) is 50.6 Å². The molecular weight excluding hydrogens is 420 g/mol. The van der Waals surface area contributed by atoms with Crippen molar-refractivity contribution < 1.29 is 19.1 Å². The average molecular weight is 451 g/mol. The number of esters is 1. The number of aromatic nitrogens is 1. The lowest BCUT2D eigenvalue weighted by Crippen LogP contribution is -2.53. The predicted molar refractivity (Wildman–Crippen MR) is 129 cm³/mol. The fraction of sp³-hybridized carbons (Fsp3) is 0.360. The molecule has 8 heteroatoms. The van der Waals surface area contributed by atoms with Gasteiger partial charge in [-0.25, -0.2) is 4.79 Å². The van der Waals surface area contributed by atoms with Crippen molar-refractivity contribution >= 4 is 34.2 Å². The van der Waals surface area contributed by atoms with Gasteiger partial charge in [-0.2, -0.15) is 0 Å². The first-order valence-corrected chi connectivity index (χ1v) is 11.0. The third-order valence-electron chi connectivity index (χ3n) is 6.09.